The van der Waals surface area contributed by atoms with Crippen molar-refractivity contribution in [1.29, 1.82) is 0 Å². The van der Waals surface area contributed by atoms with Gasteiger partial charge in [-0.05, 0) is 12.5 Å². The zero-order valence-electron chi connectivity index (χ0n) is 9.24. The molecule has 0 fully saturated rings. The van der Waals surface area contributed by atoms with E-state index in [1.807, 2.05) is 0 Å². The quantitative estimate of drug-likeness (QED) is 0.436. The maximum atomic E-state index is 12.1. The maximum absolute atomic E-state index is 12.1. The molecule has 0 atom stereocenters. The summed E-state index contributed by atoms with van der Waals surface area (Å²) in [6.45, 7) is 2.50. The fraction of sp³-hybridized carbons (Fsp3) is 0.400. The highest BCUT2D eigenvalue weighted by atomic mass is 19.1. The van der Waals surface area contributed by atoms with Crippen LogP contribution in [0.1, 0.15) is 6.92 Å². The second-order valence-corrected chi connectivity index (χ2v) is 2.92. The van der Waals surface area contributed by atoms with Gasteiger partial charge < -0.3 is 16.8 Å². The third-order valence-corrected chi connectivity index (χ3v) is 1.72. The van der Waals surface area contributed by atoms with Crippen molar-refractivity contribution in [1.82, 2.24) is 5.32 Å². The third-order valence-electron chi connectivity index (χ3n) is 1.72. The van der Waals surface area contributed by atoms with Gasteiger partial charge in [-0.15, -0.1) is 0 Å². The van der Waals surface area contributed by atoms with Gasteiger partial charge in [-0.25, -0.2) is 4.39 Å². The first-order valence-corrected chi connectivity index (χ1v) is 4.87. The lowest BCUT2D eigenvalue weighted by Gasteiger charge is -2.01. The van der Waals surface area contributed by atoms with Crippen molar-refractivity contribution in [2.24, 2.45) is 16.5 Å². The molecule has 0 aromatic rings. The molecule has 1 amide bonds. The van der Waals surface area contributed by atoms with Gasteiger partial charge in [0, 0.05) is 25.5 Å². The van der Waals surface area contributed by atoms with E-state index in [2.05, 4.69) is 10.3 Å². The molecule has 0 unspecified atom stereocenters. The van der Waals surface area contributed by atoms with E-state index in [1.165, 1.54) is 6.21 Å². The summed E-state index contributed by atoms with van der Waals surface area (Å²) in [5, 5.41) is 2.57. The molecule has 6 heteroatoms. The first-order chi connectivity index (χ1) is 7.69. The summed E-state index contributed by atoms with van der Waals surface area (Å²) in [5.41, 5.74) is 11.1. The predicted molar refractivity (Wildman–Crippen MR) is 62.6 cm³/mol. The molecule has 90 valence electrons. The molecular weight excluding hydrogens is 211 g/mol. The van der Waals surface area contributed by atoms with Gasteiger partial charge in [-0.2, -0.15) is 0 Å². The Balaban J connectivity index is 4.34. The fourth-order valence-electron chi connectivity index (χ4n) is 0.845. The molecule has 0 spiro atoms. The summed E-state index contributed by atoms with van der Waals surface area (Å²) in [7, 11) is 0. The minimum Gasteiger partial charge on any atom is -0.404 e. The Bertz CT molecular complexity index is 310. The van der Waals surface area contributed by atoms with Crippen LogP contribution in [0.25, 0.3) is 0 Å². The minimum absolute atomic E-state index is 0.0939. The molecule has 5 nitrogen and oxygen atoms in total. The van der Waals surface area contributed by atoms with Crippen LogP contribution in [0.15, 0.2) is 28.7 Å². The number of likely N-dealkylation sites (N-methyl/N-ethyl adjacent to an activating group) is 1. The summed E-state index contributed by atoms with van der Waals surface area (Å²) in [6.07, 6.45) is 2.86. The van der Waals surface area contributed by atoms with E-state index >= 15 is 0 Å². The Morgan fingerprint density at radius 1 is 1.56 bits per heavy atom. The van der Waals surface area contributed by atoms with E-state index in [9.17, 15) is 9.18 Å². The van der Waals surface area contributed by atoms with E-state index in [0.717, 1.165) is 6.20 Å². The standard InChI is InChI=1S/C10H17FN4O/c1-2-15-10(16)9(5-13)7-14-6-8(3-11)4-12/h3,5,7H,2,4,6,12-13H2,1H3,(H,15,16)/b8-3+,9-5?,14-7?. The molecule has 0 heterocycles. The number of hydrogen-bond donors (Lipinski definition) is 3. The van der Waals surface area contributed by atoms with E-state index in [0.29, 0.717) is 18.4 Å². The molecule has 0 aliphatic heterocycles. The fourth-order valence-corrected chi connectivity index (χ4v) is 0.845. The van der Waals surface area contributed by atoms with Gasteiger partial charge in [0.1, 0.15) is 0 Å². The number of hydrogen-bond acceptors (Lipinski definition) is 4. The predicted octanol–water partition coefficient (Wildman–Crippen LogP) is -0.152. The Morgan fingerprint density at radius 2 is 2.25 bits per heavy atom. The van der Waals surface area contributed by atoms with Gasteiger partial charge in [0.05, 0.1) is 18.4 Å². The van der Waals surface area contributed by atoms with E-state index in [-0.39, 0.29) is 24.6 Å². The number of nitrogens with zero attached hydrogens (tertiary/aromatic N) is 1. The van der Waals surface area contributed by atoms with Crippen molar-refractivity contribution in [2.45, 2.75) is 6.92 Å². The molecule has 0 radical (unpaired) electrons. The third kappa shape index (κ3) is 5.26. The number of amides is 1. The highest BCUT2D eigenvalue weighted by Crippen LogP contribution is 1.94. The normalized spacial score (nSPS) is 13.2. The first-order valence-electron chi connectivity index (χ1n) is 4.87. The molecule has 0 saturated carbocycles. The number of carbonyl (C=O) groups is 1. The van der Waals surface area contributed by atoms with Crippen molar-refractivity contribution in [3.05, 3.63) is 23.7 Å². The van der Waals surface area contributed by atoms with Gasteiger partial charge in [-0.3, -0.25) is 9.79 Å². The molecular formula is C10H17FN4O. The molecule has 0 aromatic heterocycles. The first kappa shape index (κ1) is 14.3. The van der Waals surface area contributed by atoms with E-state index < -0.39 is 0 Å². The van der Waals surface area contributed by atoms with Gasteiger partial charge in [-0.1, -0.05) is 0 Å². The number of halogens is 1. The van der Waals surface area contributed by atoms with Gasteiger partial charge in [0.2, 0.25) is 0 Å². The molecule has 16 heavy (non-hydrogen) atoms. The van der Waals surface area contributed by atoms with Crippen LogP contribution in [-0.2, 0) is 4.79 Å². The van der Waals surface area contributed by atoms with Crippen molar-refractivity contribution in [3.63, 3.8) is 0 Å². The smallest absolute Gasteiger partial charge is 0.254 e. The van der Waals surface area contributed by atoms with Crippen molar-refractivity contribution < 1.29 is 9.18 Å². The molecule has 0 saturated heterocycles. The van der Waals surface area contributed by atoms with Crippen LogP contribution in [0.4, 0.5) is 4.39 Å². The lowest BCUT2D eigenvalue weighted by atomic mass is 10.3. The molecule has 0 rings (SSSR count). The van der Waals surface area contributed by atoms with Gasteiger partial charge >= 0.3 is 0 Å². The second kappa shape index (κ2) is 8.60. The van der Waals surface area contributed by atoms with Crippen molar-refractivity contribution >= 4 is 12.1 Å². The molecule has 0 aliphatic rings. The highest BCUT2D eigenvalue weighted by molar-refractivity contribution is 6.12. The van der Waals surface area contributed by atoms with Crippen LogP contribution < -0.4 is 16.8 Å². The van der Waals surface area contributed by atoms with Crippen LogP contribution in [0, 0.1) is 0 Å². The Kier molecular flexibility index (Phi) is 7.70. The summed E-state index contributed by atoms with van der Waals surface area (Å²) in [6, 6.07) is 0. The topological polar surface area (TPSA) is 93.5 Å². The summed E-state index contributed by atoms with van der Waals surface area (Å²) >= 11 is 0. The van der Waals surface area contributed by atoms with Crippen LogP contribution in [0.2, 0.25) is 0 Å². The molecule has 0 bridgehead atoms. The Labute approximate surface area is 94.1 Å². The lowest BCUT2D eigenvalue weighted by Crippen LogP contribution is -2.25. The number of aliphatic imine (C=N–C) groups is 1. The average Bonchev–Trinajstić information content (AvgIpc) is 2.30. The van der Waals surface area contributed by atoms with Gasteiger partial charge in [0.25, 0.3) is 5.91 Å². The molecule has 0 aromatic carbocycles. The number of nitrogens with one attached hydrogen (secondary N) is 1. The average molecular weight is 228 g/mol. The Morgan fingerprint density at radius 3 is 2.69 bits per heavy atom. The van der Waals surface area contributed by atoms with Crippen LogP contribution in [0.5, 0.6) is 0 Å². The molecule has 0 aliphatic carbocycles. The SMILES string of the molecule is CCNC(=O)C(C=NC/C(=C/F)CN)=CN. The van der Waals surface area contributed by atoms with Gasteiger partial charge in [0.15, 0.2) is 0 Å². The summed E-state index contributed by atoms with van der Waals surface area (Å²) in [4.78, 5) is 15.2. The minimum atomic E-state index is -0.313. The van der Waals surface area contributed by atoms with E-state index in [1.54, 1.807) is 6.92 Å². The number of rotatable bonds is 6. The highest BCUT2D eigenvalue weighted by Gasteiger charge is 2.03. The zero-order chi connectivity index (χ0) is 12.4. The van der Waals surface area contributed by atoms with E-state index in [4.69, 9.17) is 11.5 Å². The largest absolute Gasteiger partial charge is 0.404 e. The summed E-state index contributed by atoms with van der Waals surface area (Å²) < 4.78 is 12.1. The summed E-state index contributed by atoms with van der Waals surface area (Å²) in [5.74, 6) is -0.313. The van der Waals surface area contributed by atoms with Crippen LogP contribution in [-0.4, -0.2) is 31.8 Å². The van der Waals surface area contributed by atoms with Crippen molar-refractivity contribution in [3.8, 4) is 0 Å². The van der Waals surface area contributed by atoms with Crippen LogP contribution in [0.3, 0.4) is 0 Å². The molecule has 5 N–H and O–H groups in total. The lowest BCUT2D eigenvalue weighted by molar-refractivity contribution is -0.116. The zero-order valence-corrected chi connectivity index (χ0v) is 9.24. The number of carbonyl (C=O) groups excluding carboxylic acids is 1. The monoisotopic (exact) mass is 228 g/mol. The Hall–Kier alpha value is -1.69. The van der Waals surface area contributed by atoms with Crippen LogP contribution >= 0.6 is 0 Å². The van der Waals surface area contributed by atoms with Crippen molar-refractivity contribution in [2.75, 3.05) is 19.6 Å². The number of nitrogens with two attached hydrogens (primary N) is 2. The maximum Gasteiger partial charge on any atom is 0.254 e. The second-order valence-electron chi connectivity index (χ2n) is 2.92.